The Balaban J connectivity index is 0.973. The van der Waals surface area contributed by atoms with Crippen molar-refractivity contribution in [1.82, 2.24) is 9.97 Å². The summed E-state index contributed by atoms with van der Waals surface area (Å²) in [6, 6.07) is 60.0. The molecule has 0 unspecified atom stereocenters. The van der Waals surface area contributed by atoms with E-state index < -0.39 is 0 Å². The van der Waals surface area contributed by atoms with Crippen LogP contribution < -0.4 is 9.80 Å². The first-order valence-corrected chi connectivity index (χ1v) is 19.7. The monoisotopic (exact) mass is 750 g/mol. The fourth-order valence-electron chi connectivity index (χ4n) is 7.36. The van der Waals surface area contributed by atoms with Crippen molar-refractivity contribution in [2.24, 2.45) is 0 Å². The molecule has 0 radical (unpaired) electrons. The summed E-state index contributed by atoms with van der Waals surface area (Å²) in [7, 11) is 0. The molecule has 0 aliphatic heterocycles. The molecule has 2 aromatic heterocycles. The lowest BCUT2D eigenvalue weighted by Gasteiger charge is -2.27. The average molecular weight is 751 g/mol. The van der Waals surface area contributed by atoms with Crippen molar-refractivity contribution in [3.63, 3.8) is 0 Å². The molecule has 282 valence electrons. The summed E-state index contributed by atoms with van der Waals surface area (Å²) in [4.78, 5) is 14.0. The number of hydrogen-bond acceptors (Lipinski definition) is 4. The van der Waals surface area contributed by atoms with Gasteiger partial charge in [-0.2, -0.15) is 0 Å². The van der Waals surface area contributed by atoms with Crippen LogP contribution in [0.2, 0.25) is 0 Å². The number of hydrogen-bond donors (Lipinski definition) is 0. The minimum Gasteiger partial charge on any atom is -0.310 e. The van der Waals surface area contributed by atoms with E-state index in [1.54, 1.807) is 0 Å². The Kier molecular flexibility index (Phi) is 11.2. The summed E-state index contributed by atoms with van der Waals surface area (Å²) in [5, 5.41) is 0. The van der Waals surface area contributed by atoms with E-state index in [2.05, 4.69) is 229 Å². The van der Waals surface area contributed by atoms with E-state index in [1.807, 2.05) is 24.5 Å². The normalized spacial score (nSPS) is 11.3. The maximum absolute atomic E-state index is 4.68. The molecule has 0 aliphatic carbocycles. The van der Waals surface area contributed by atoms with Crippen molar-refractivity contribution in [3.05, 3.63) is 227 Å². The number of nitrogens with zero attached hydrogens (tertiary/aromatic N) is 4. The molecule has 0 spiro atoms. The van der Waals surface area contributed by atoms with Crippen LogP contribution in [-0.4, -0.2) is 9.97 Å². The third-order valence-electron chi connectivity index (χ3n) is 10.3. The first kappa shape index (κ1) is 37.6. The number of benzene rings is 6. The summed E-state index contributed by atoms with van der Waals surface area (Å²) >= 11 is 0. The van der Waals surface area contributed by atoms with Crippen LogP contribution in [0.15, 0.2) is 182 Å². The first-order chi connectivity index (χ1) is 28.4. The first-order valence-electron chi connectivity index (χ1n) is 19.7. The Labute approximate surface area is 342 Å². The highest BCUT2D eigenvalue weighted by molar-refractivity contribution is 5.82. The van der Waals surface area contributed by atoms with E-state index >= 15 is 0 Å². The van der Waals surface area contributed by atoms with Gasteiger partial charge in [0.15, 0.2) is 0 Å². The Morgan fingerprint density at radius 2 is 0.707 bits per heavy atom. The number of para-hydroxylation sites is 2. The zero-order valence-electron chi connectivity index (χ0n) is 33.4. The van der Waals surface area contributed by atoms with E-state index in [-0.39, 0.29) is 0 Å². The van der Waals surface area contributed by atoms with Gasteiger partial charge in [-0.25, -0.2) is 0 Å². The van der Waals surface area contributed by atoms with E-state index in [1.165, 1.54) is 33.6 Å². The van der Waals surface area contributed by atoms with Crippen LogP contribution in [0, 0.1) is 27.7 Å². The molecule has 4 nitrogen and oxygen atoms in total. The number of anilines is 6. The van der Waals surface area contributed by atoms with Gasteiger partial charge in [-0.05, 0) is 146 Å². The summed E-state index contributed by atoms with van der Waals surface area (Å²) in [6.07, 6.45) is 12.2. The van der Waals surface area contributed by atoms with E-state index in [0.29, 0.717) is 0 Å². The van der Waals surface area contributed by atoms with Crippen LogP contribution in [0.5, 0.6) is 0 Å². The van der Waals surface area contributed by atoms with Crippen molar-refractivity contribution < 1.29 is 0 Å². The van der Waals surface area contributed by atoms with Crippen molar-refractivity contribution >= 4 is 58.4 Å². The number of pyridine rings is 2. The molecule has 0 amide bonds. The summed E-state index contributed by atoms with van der Waals surface area (Å²) in [5.41, 5.74) is 17.8. The fraction of sp³-hybridized carbons (Fsp3) is 0.0741. The molecule has 0 saturated heterocycles. The van der Waals surface area contributed by atoms with Gasteiger partial charge < -0.3 is 9.80 Å². The van der Waals surface area contributed by atoms with Gasteiger partial charge in [0.25, 0.3) is 0 Å². The summed E-state index contributed by atoms with van der Waals surface area (Å²) < 4.78 is 0. The molecule has 0 bridgehead atoms. The molecule has 0 aliphatic rings. The average Bonchev–Trinajstić information content (AvgIpc) is 3.26. The number of aromatic nitrogens is 2. The van der Waals surface area contributed by atoms with Gasteiger partial charge in [-0.3, -0.25) is 9.97 Å². The van der Waals surface area contributed by atoms with Crippen LogP contribution in [0.3, 0.4) is 0 Å². The van der Waals surface area contributed by atoms with Gasteiger partial charge >= 0.3 is 0 Å². The molecular weight excluding hydrogens is 705 g/mol. The minimum absolute atomic E-state index is 0.830. The van der Waals surface area contributed by atoms with Crippen LogP contribution in [0.4, 0.5) is 34.1 Å². The second-order valence-corrected chi connectivity index (χ2v) is 14.7. The molecule has 8 rings (SSSR count). The van der Waals surface area contributed by atoms with Crippen molar-refractivity contribution in [3.8, 4) is 11.4 Å². The molecule has 8 aromatic rings. The van der Waals surface area contributed by atoms with Gasteiger partial charge in [0, 0.05) is 46.5 Å². The molecule has 0 saturated carbocycles. The largest absolute Gasteiger partial charge is 0.310 e. The smallest absolute Gasteiger partial charge is 0.0892 e. The van der Waals surface area contributed by atoms with Crippen LogP contribution in [-0.2, 0) is 0 Å². The van der Waals surface area contributed by atoms with Gasteiger partial charge in [0.1, 0.15) is 0 Å². The maximum atomic E-state index is 4.68. The third kappa shape index (κ3) is 8.72. The summed E-state index contributed by atoms with van der Waals surface area (Å²) in [6.45, 7) is 8.62. The van der Waals surface area contributed by atoms with Crippen LogP contribution in [0.1, 0.15) is 44.5 Å². The molecule has 6 aromatic carbocycles. The Morgan fingerprint density at radius 1 is 0.345 bits per heavy atom. The molecule has 0 atom stereocenters. The topological polar surface area (TPSA) is 32.3 Å². The van der Waals surface area contributed by atoms with Gasteiger partial charge in [0.05, 0.1) is 11.4 Å². The highest BCUT2D eigenvalue weighted by atomic mass is 15.1. The number of aryl methyl sites for hydroxylation is 4. The molecule has 0 fully saturated rings. The highest BCUT2D eigenvalue weighted by Gasteiger charge is 2.16. The second kappa shape index (κ2) is 17.2. The van der Waals surface area contributed by atoms with Crippen LogP contribution in [0.25, 0.3) is 35.7 Å². The summed E-state index contributed by atoms with van der Waals surface area (Å²) in [5.74, 6) is 0. The van der Waals surface area contributed by atoms with Gasteiger partial charge in [0.2, 0.25) is 0 Å². The fourth-order valence-corrected chi connectivity index (χ4v) is 7.36. The molecule has 0 N–H and O–H groups in total. The van der Waals surface area contributed by atoms with Crippen LogP contribution >= 0.6 is 0 Å². The van der Waals surface area contributed by atoms with E-state index in [9.17, 15) is 0 Å². The SMILES string of the molecule is Cc1ccc(N(c2ccccc2)c2ccc(/C=C/c3ccnc(-c4cc(/C=C/c5ccc(N(c6ccccc6)c6ccc(C)cc6C)cc5)ccn4)c3)cc2)c(C)c1. The van der Waals surface area contributed by atoms with Gasteiger partial charge in [-0.15, -0.1) is 0 Å². The minimum atomic E-state index is 0.830. The zero-order valence-corrected chi connectivity index (χ0v) is 33.4. The standard InChI is InChI=1S/C54H46N4/c1-39-15-29-53(41(3)35-39)57(47-11-7-5-8-12-47)49-25-21-43(22-26-49)17-19-45-31-33-55-51(37-45)52-38-46(32-34-56-52)20-18-44-23-27-50(28-24-44)58(48-13-9-6-10-14-48)54-30-16-40(2)36-42(54)4/h5-38H,1-4H3/b19-17+,20-18+. The molecule has 58 heavy (non-hydrogen) atoms. The lowest BCUT2D eigenvalue weighted by Crippen LogP contribution is -2.11. The van der Waals surface area contributed by atoms with Crippen molar-refractivity contribution in [2.75, 3.05) is 9.80 Å². The van der Waals surface area contributed by atoms with Gasteiger partial charge in [-0.1, -0.05) is 120 Å². The highest BCUT2D eigenvalue weighted by Crippen LogP contribution is 2.38. The number of rotatable bonds is 11. The molecule has 4 heteroatoms. The predicted molar refractivity (Wildman–Crippen MR) is 247 cm³/mol. The Hall–Kier alpha value is -7.30. The van der Waals surface area contributed by atoms with E-state index in [4.69, 9.17) is 0 Å². The van der Waals surface area contributed by atoms with E-state index in [0.717, 1.165) is 56.4 Å². The quantitative estimate of drug-likeness (QED) is 0.132. The molecule has 2 heterocycles. The second-order valence-electron chi connectivity index (χ2n) is 14.7. The maximum Gasteiger partial charge on any atom is 0.0892 e. The van der Waals surface area contributed by atoms with Crippen molar-refractivity contribution in [2.45, 2.75) is 27.7 Å². The lowest BCUT2D eigenvalue weighted by molar-refractivity contribution is 1.24. The van der Waals surface area contributed by atoms with Crippen molar-refractivity contribution in [1.29, 1.82) is 0 Å². The third-order valence-corrected chi connectivity index (χ3v) is 10.3. The zero-order chi connectivity index (χ0) is 39.8. The molecular formula is C54H46N4. The predicted octanol–water partition coefficient (Wildman–Crippen LogP) is 14.7. The lowest BCUT2D eigenvalue weighted by atomic mass is 10.1. The Bertz CT molecular complexity index is 2510. The Morgan fingerprint density at radius 3 is 1.09 bits per heavy atom.